The lowest BCUT2D eigenvalue weighted by Gasteiger charge is -2.38. The molecule has 1 atom stereocenters. The summed E-state index contributed by atoms with van der Waals surface area (Å²) in [5.41, 5.74) is -0.191. The van der Waals surface area contributed by atoms with Crippen LogP contribution in [-0.2, 0) is 16.3 Å². The number of hydrogen-bond donors (Lipinski definition) is 2. The number of halogens is 4. The number of thiocarbonyl (C=S) groups is 1. The van der Waals surface area contributed by atoms with Crippen molar-refractivity contribution >= 4 is 40.7 Å². The van der Waals surface area contributed by atoms with Crippen LogP contribution in [0.15, 0.2) is 30.3 Å². The molecule has 0 radical (unpaired) electrons. The first kappa shape index (κ1) is 25.9. The summed E-state index contributed by atoms with van der Waals surface area (Å²) in [6, 6.07) is 8.81. The van der Waals surface area contributed by atoms with Crippen molar-refractivity contribution in [2.45, 2.75) is 56.7 Å². The van der Waals surface area contributed by atoms with Gasteiger partial charge in [-0.3, -0.25) is 0 Å². The van der Waals surface area contributed by atoms with Crippen LogP contribution in [0.3, 0.4) is 0 Å². The van der Waals surface area contributed by atoms with Crippen molar-refractivity contribution < 1.29 is 17.9 Å². The lowest BCUT2D eigenvalue weighted by atomic mass is 9.74. The minimum absolute atomic E-state index is 0.101. The Bertz CT molecular complexity index is 1050. The molecular weight excluding hydrogens is 499 g/mol. The van der Waals surface area contributed by atoms with E-state index < -0.39 is 11.9 Å². The van der Waals surface area contributed by atoms with Crippen LogP contribution < -0.4 is 15.5 Å². The van der Waals surface area contributed by atoms with Gasteiger partial charge in [0, 0.05) is 48.8 Å². The quantitative estimate of drug-likeness (QED) is 0.493. The maximum atomic E-state index is 13.6. The van der Waals surface area contributed by atoms with Crippen LogP contribution in [0.5, 0.6) is 0 Å². The van der Waals surface area contributed by atoms with Gasteiger partial charge in [-0.2, -0.15) is 18.2 Å². The smallest absolute Gasteiger partial charge is 0.381 e. The topological polar surface area (TPSA) is 62.3 Å². The Morgan fingerprint density at radius 3 is 2.69 bits per heavy atom. The number of rotatable bonds is 5. The number of aromatic nitrogens is 2. The summed E-state index contributed by atoms with van der Waals surface area (Å²) in [5, 5.41) is 6.76. The molecule has 6 nitrogen and oxygen atoms in total. The molecule has 2 fully saturated rings. The number of anilines is 2. The van der Waals surface area contributed by atoms with Crippen LogP contribution >= 0.6 is 23.8 Å². The molecule has 3 heterocycles. The van der Waals surface area contributed by atoms with Crippen molar-refractivity contribution in [1.29, 1.82) is 0 Å². The fourth-order valence-electron chi connectivity index (χ4n) is 4.76. The van der Waals surface area contributed by atoms with Crippen molar-refractivity contribution in [2.75, 3.05) is 36.5 Å². The van der Waals surface area contributed by atoms with Crippen molar-refractivity contribution in [1.82, 2.24) is 15.3 Å². The Labute approximate surface area is 213 Å². The number of alkyl halides is 3. The van der Waals surface area contributed by atoms with Crippen molar-refractivity contribution in [2.24, 2.45) is 0 Å². The van der Waals surface area contributed by atoms with Gasteiger partial charge in [-0.15, -0.1) is 0 Å². The third-order valence-corrected chi connectivity index (χ3v) is 7.28. The van der Waals surface area contributed by atoms with Crippen LogP contribution in [0.2, 0.25) is 5.02 Å². The Morgan fingerprint density at radius 1 is 1.23 bits per heavy atom. The number of hydrogen-bond acceptors (Lipinski definition) is 5. The van der Waals surface area contributed by atoms with Crippen molar-refractivity contribution in [3.63, 3.8) is 0 Å². The minimum Gasteiger partial charge on any atom is -0.381 e. The van der Waals surface area contributed by atoms with E-state index in [-0.39, 0.29) is 28.3 Å². The van der Waals surface area contributed by atoms with Crippen molar-refractivity contribution in [3.8, 4) is 0 Å². The summed E-state index contributed by atoms with van der Waals surface area (Å²) >= 11 is 11.7. The molecule has 0 bridgehead atoms. The molecule has 1 aromatic carbocycles. The summed E-state index contributed by atoms with van der Waals surface area (Å²) in [6.45, 7) is 4.32. The van der Waals surface area contributed by atoms with Gasteiger partial charge in [-0.05, 0) is 68.9 Å². The number of piperidine rings is 1. The monoisotopic (exact) mass is 527 g/mol. The van der Waals surface area contributed by atoms with E-state index in [1.807, 2.05) is 36.1 Å². The summed E-state index contributed by atoms with van der Waals surface area (Å²) in [7, 11) is 0. The molecule has 2 saturated heterocycles. The van der Waals surface area contributed by atoms with E-state index in [1.165, 1.54) is 0 Å². The minimum atomic E-state index is -4.60. The average molecular weight is 528 g/mol. The zero-order chi connectivity index (χ0) is 25.1. The van der Waals surface area contributed by atoms with E-state index in [4.69, 9.17) is 28.6 Å². The molecule has 2 N–H and O–H groups in total. The van der Waals surface area contributed by atoms with Crippen LogP contribution in [0.25, 0.3) is 0 Å². The van der Waals surface area contributed by atoms with Gasteiger partial charge in [-0.1, -0.05) is 23.7 Å². The molecule has 190 valence electrons. The van der Waals surface area contributed by atoms with Gasteiger partial charge in [0.15, 0.2) is 10.8 Å². The van der Waals surface area contributed by atoms with E-state index in [0.717, 1.165) is 43.7 Å². The molecular formula is C24H29ClF3N5OS. The highest BCUT2D eigenvalue weighted by Crippen LogP contribution is 2.36. The second kappa shape index (κ2) is 10.8. The molecule has 35 heavy (non-hydrogen) atoms. The summed E-state index contributed by atoms with van der Waals surface area (Å²) in [6.07, 6.45) is -0.203. The molecule has 2 aliphatic rings. The molecule has 0 spiro atoms. The third-order valence-electron chi connectivity index (χ3n) is 6.80. The van der Waals surface area contributed by atoms with E-state index >= 15 is 0 Å². The molecule has 11 heteroatoms. The zero-order valence-electron chi connectivity index (χ0n) is 19.5. The lowest BCUT2D eigenvalue weighted by molar-refractivity contribution is -0.141. The Balaban J connectivity index is 1.52. The fourth-order valence-corrected chi connectivity index (χ4v) is 5.12. The summed E-state index contributed by atoms with van der Waals surface area (Å²) < 4.78 is 46.4. The van der Waals surface area contributed by atoms with E-state index in [1.54, 1.807) is 0 Å². The number of nitrogens with one attached hydrogen (secondary N) is 2. The van der Waals surface area contributed by atoms with Gasteiger partial charge in [0.25, 0.3) is 0 Å². The van der Waals surface area contributed by atoms with Gasteiger partial charge >= 0.3 is 6.18 Å². The zero-order valence-corrected chi connectivity index (χ0v) is 21.1. The molecule has 0 amide bonds. The molecule has 2 aromatic rings. The van der Waals surface area contributed by atoms with Crippen LogP contribution in [0, 0.1) is 0 Å². The molecule has 1 aromatic heterocycles. The molecule has 2 aliphatic heterocycles. The van der Waals surface area contributed by atoms with E-state index in [9.17, 15) is 13.2 Å². The van der Waals surface area contributed by atoms with Crippen LogP contribution in [-0.4, -0.2) is 47.4 Å². The predicted molar refractivity (Wildman–Crippen MR) is 135 cm³/mol. The Kier molecular flexibility index (Phi) is 8.02. The van der Waals surface area contributed by atoms with Gasteiger partial charge < -0.3 is 20.3 Å². The van der Waals surface area contributed by atoms with Crippen LogP contribution in [0.4, 0.5) is 24.9 Å². The molecule has 0 saturated carbocycles. The first-order chi connectivity index (χ1) is 16.7. The SMILES string of the molecule is CC1CCCCN1c1cc(C(F)(F)F)nc(NC(=S)NCC2(c3cccc(Cl)c3)CCOCC2)n1. The number of nitrogens with zero attached hydrogens (tertiary/aromatic N) is 3. The third kappa shape index (κ3) is 6.34. The Morgan fingerprint density at radius 2 is 2.00 bits per heavy atom. The molecule has 1 unspecified atom stereocenters. The van der Waals surface area contributed by atoms with Gasteiger partial charge in [0.2, 0.25) is 5.95 Å². The summed E-state index contributed by atoms with van der Waals surface area (Å²) in [4.78, 5) is 9.99. The fraction of sp³-hybridized carbons (Fsp3) is 0.542. The Hall–Kier alpha value is -2.17. The first-order valence-electron chi connectivity index (χ1n) is 11.8. The van der Waals surface area contributed by atoms with Gasteiger partial charge in [0.1, 0.15) is 5.82 Å². The summed E-state index contributed by atoms with van der Waals surface area (Å²) in [5.74, 6) is 0.0820. The maximum absolute atomic E-state index is 13.6. The van der Waals surface area contributed by atoms with Gasteiger partial charge in [0.05, 0.1) is 0 Å². The molecule has 4 rings (SSSR count). The normalized spacial score (nSPS) is 20.4. The first-order valence-corrected chi connectivity index (χ1v) is 12.6. The van der Waals surface area contributed by atoms with Crippen LogP contribution in [0.1, 0.15) is 50.3 Å². The highest BCUT2D eigenvalue weighted by atomic mass is 35.5. The maximum Gasteiger partial charge on any atom is 0.433 e. The average Bonchev–Trinajstić information content (AvgIpc) is 2.83. The second-order valence-electron chi connectivity index (χ2n) is 9.18. The number of ether oxygens (including phenoxy) is 1. The standard InChI is InChI=1S/C24H29ClF3N5OS/c1-16-5-2-3-10-33(16)20-14-19(24(26,27)28)30-21(31-20)32-22(35)29-15-23(8-11-34-12-9-23)17-6-4-7-18(25)13-17/h4,6-7,13-14,16H,2-3,5,8-12,15H2,1H3,(H2,29,30,31,32,35). The van der Waals surface area contributed by atoms with E-state index in [0.29, 0.717) is 31.3 Å². The number of benzene rings is 1. The second-order valence-corrected chi connectivity index (χ2v) is 10.0. The largest absolute Gasteiger partial charge is 0.433 e. The molecule has 0 aliphatic carbocycles. The van der Waals surface area contributed by atoms with E-state index in [2.05, 4.69) is 20.6 Å². The van der Waals surface area contributed by atoms with Gasteiger partial charge in [-0.25, -0.2) is 4.98 Å². The lowest BCUT2D eigenvalue weighted by Crippen LogP contribution is -2.45. The highest BCUT2D eigenvalue weighted by molar-refractivity contribution is 7.80. The predicted octanol–water partition coefficient (Wildman–Crippen LogP) is 5.56. The van der Waals surface area contributed by atoms with Crippen molar-refractivity contribution in [3.05, 3.63) is 46.6 Å². The highest BCUT2D eigenvalue weighted by Gasteiger charge is 2.36.